The maximum absolute atomic E-state index is 12.1. The first kappa shape index (κ1) is 44.4. The number of carbonyl (C=O) groups excluding carboxylic acids is 1. The first-order valence-corrected chi connectivity index (χ1v) is 20.7. The minimum Gasteiger partial charge on any atom is -0.394 e. The second-order valence-corrected chi connectivity index (χ2v) is 14.4. The highest BCUT2D eigenvalue weighted by Gasteiger charge is 2.19. The first-order chi connectivity index (χ1) is 22.2. The fourth-order valence-corrected chi connectivity index (χ4v) is 6.66. The van der Waals surface area contributed by atoms with E-state index >= 15 is 0 Å². The van der Waals surface area contributed by atoms with Crippen LogP contribution in [0.5, 0.6) is 0 Å². The molecule has 0 saturated carbocycles. The molecule has 270 valence electrons. The van der Waals surface area contributed by atoms with Gasteiger partial charge < -0.3 is 15.5 Å². The number of nitrogens with one attached hydrogen (secondary N) is 1. The molecule has 0 aromatic carbocycles. The number of aliphatic hydroxyl groups is 2. The highest BCUT2D eigenvalue weighted by atomic mass is 16.3. The number of hydrogen-bond donors (Lipinski definition) is 3. The molecule has 1 amide bonds. The predicted octanol–water partition coefficient (Wildman–Crippen LogP) is 12.5. The van der Waals surface area contributed by atoms with Crippen molar-refractivity contribution in [2.24, 2.45) is 0 Å². The molecule has 0 bridgehead atoms. The second-order valence-electron chi connectivity index (χ2n) is 14.4. The number of hydrogen-bond acceptors (Lipinski definition) is 3. The van der Waals surface area contributed by atoms with Crippen molar-refractivity contribution in [2.75, 3.05) is 6.61 Å². The third-order valence-electron chi connectivity index (χ3n) is 9.87. The van der Waals surface area contributed by atoms with E-state index in [4.69, 9.17) is 0 Å². The minimum atomic E-state index is -0.650. The van der Waals surface area contributed by atoms with E-state index in [1.165, 1.54) is 186 Å². The molecule has 45 heavy (non-hydrogen) atoms. The van der Waals surface area contributed by atoms with Crippen LogP contribution in [-0.2, 0) is 4.79 Å². The molecule has 0 spiro atoms. The Hall–Kier alpha value is -0.610. The maximum atomic E-state index is 12.1. The number of rotatable bonds is 38. The normalized spacial score (nSPS) is 12.9. The van der Waals surface area contributed by atoms with E-state index in [0.29, 0.717) is 12.8 Å². The summed E-state index contributed by atoms with van der Waals surface area (Å²) in [4.78, 5) is 12.1. The molecule has 4 nitrogen and oxygen atoms in total. The maximum Gasteiger partial charge on any atom is 0.220 e. The van der Waals surface area contributed by atoms with Crippen LogP contribution < -0.4 is 5.32 Å². The number of amides is 1. The summed E-state index contributed by atoms with van der Waals surface area (Å²) in [6.45, 7) is 4.29. The van der Waals surface area contributed by atoms with Gasteiger partial charge in [-0.05, 0) is 12.8 Å². The summed E-state index contributed by atoms with van der Waals surface area (Å²) in [7, 11) is 0. The summed E-state index contributed by atoms with van der Waals surface area (Å²) < 4.78 is 0. The molecule has 0 fully saturated rings. The van der Waals surface area contributed by atoms with E-state index in [9.17, 15) is 15.0 Å². The van der Waals surface area contributed by atoms with Gasteiger partial charge in [0.2, 0.25) is 5.91 Å². The van der Waals surface area contributed by atoms with Crippen LogP contribution in [0.4, 0.5) is 0 Å². The Morgan fingerprint density at radius 1 is 0.444 bits per heavy atom. The molecule has 0 aliphatic carbocycles. The molecule has 0 aromatic rings. The molecule has 0 aliphatic heterocycles. The van der Waals surface area contributed by atoms with Crippen molar-refractivity contribution in [2.45, 2.75) is 251 Å². The predicted molar refractivity (Wildman–Crippen MR) is 198 cm³/mol. The van der Waals surface area contributed by atoms with Crippen LogP contribution >= 0.6 is 0 Å². The largest absolute Gasteiger partial charge is 0.394 e. The summed E-state index contributed by atoms with van der Waals surface area (Å²) in [5.41, 5.74) is 0. The molecule has 0 saturated heterocycles. The van der Waals surface area contributed by atoms with E-state index in [-0.39, 0.29) is 12.5 Å². The van der Waals surface area contributed by atoms with Gasteiger partial charge in [-0.3, -0.25) is 4.79 Å². The van der Waals surface area contributed by atoms with Crippen molar-refractivity contribution in [3.63, 3.8) is 0 Å². The van der Waals surface area contributed by atoms with Gasteiger partial charge in [0, 0.05) is 6.42 Å². The van der Waals surface area contributed by atoms with Crippen molar-refractivity contribution < 1.29 is 15.0 Å². The summed E-state index contributed by atoms with van der Waals surface area (Å²) >= 11 is 0. The fourth-order valence-electron chi connectivity index (χ4n) is 6.66. The Morgan fingerprint density at radius 2 is 0.711 bits per heavy atom. The first-order valence-electron chi connectivity index (χ1n) is 20.7. The fraction of sp³-hybridized carbons (Fsp3) is 0.976. The molecule has 4 heteroatoms. The van der Waals surface area contributed by atoms with Gasteiger partial charge in [-0.1, -0.05) is 219 Å². The van der Waals surface area contributed by atoms with Crippen molar-refractivity contribution in [3.8, 4) is 0 Å². The Morgan fingerprint density at radius 3 is 1.00 bits per heavy atom. The van der Waals surface area contributed by atoms with Gasteiger partial charge in [0.25, 0.3) is 0 Å². The minimum absolute atomic E-state index is 0.0417. The lowest BCUT2D eigenvalue weighted by Gasteiger charge is -2.22. The Balaban J connectivity index is 3.31. The number of carbonyl (C=O) groups is 1. The molecule has 0 aliphatic rings. The molecular formula is C41H83NO3. The van der Waals surface area contributed by atoms with Gasteiger partial charge in [0.15, 0.2) is 0 Å². The zero-order valence-corrected chi connectivity index (χ0v) is 30.9. The van der Waals surface area contributed by atoms with Gasteiger partial charge in [-0.15, -0.1) is 0 Å². The average Bonchev–Trinajstić information content (AvgIpc) is 3.04. The monoisotopic (exact) mass is 638 g/mol. The van der Waals surface area contributed by atoms with E-state index in [2.05, 4.69) is 19.2 Å². The molecule has 2 unspecified atom stereocenters. The van der Waals surface area contributed by atoms with E-state index < -0.39 is 12.1 Å². The van der Waals surface area contributed by atoms with E-state index in [1.54, 1.807) is 0 Å². The lowest BCUT2D eigenvalue weighted by molar-refractivity contribution is -0.123. The topological polar surface area (TPSA) is 69.6 Å². The van der Waals surface area contributed by atoms with Crippen LogP contribution in [0, 0.1) is 0 Å². The molecule has 2 atom stereocenters. The zero-order chi connectivity index (χ0) is 32.9. The van der Waals surface area contributed by atoms with Gasteiger partial charge in [0.1, 0.15) is 0 Å². The summed E-state index contributed by atoms with van der Waals surface area (Å²) in [6.07, 6.45) is 45.1. The van der Waals surface area contributed by atoms with Gasteiger partial charge in [-0.25, -0.2) is 0 Å². The molecule has 0 radical (unpaired) electrons. The van der Waals surface area contributed by atoms with Gasteiger partial charge >= 0.3 is 0 Å². The molecule has 0 aromatic heterocycles. The number of unbranched alkanes of at least 4 members (excludes halogenated alkanes) is 31. The molecule has 3 N–H and O–H groups in total. The highest BCUT2D eigenvalue weighted by molar-refractivity contribution is 5.76. The SMILES string of the molecule is CCCCCCCCCCCCCCCCCCCCCCCCCCCCCCC(O)C(CO)NC(=O)CCCCCCC. The van der Waals surface area contributed by atoms with Crippen LogP contribution in [-0.4, -0.2) is 34.9 Å². The Bertz CT molecular complexity index is 569. The van der Waals surface area contributed by atoms with Crippen LogP contribution in [0.15, 0.2) is 0 Å². The average molecular weight is 638 g/mol. The Kier molecular flexibility index (Phi) is 37.3. The lowest BCUT2D eigenvalue weighted by Crippen LogP contribution is -2.45. The third kappa shape index (κ3) is 34.5. The zero-order valence-electron chi connectivity index (χ0n) is 30.9. The van der Waals surface area contributed by atoms with E-state index in [1.807, 2.05) is 0 Å². The van der Waals surface area contributed by atoms with Gasteiger partial charge in [0.05, 0.1) is 18.8 Å². The summed E-state index contributed by atoms with van der Waals surface area (Å²) in [5.74, 6) is -0.0417. The number of aliphatic hydroxyl groups excluding tert-OH is 2. The van der Waals surface area contributed by atoms with Crippen LogP contribution in [0.3, 0.4) is 0 Å². The van der Waals surface area contributed by atoms with Crippen LogP contribution in [0.2, 0.25) is 0 Å². The lowest BCUT2D eigenvalue weighted by atomic mass is 10.0. The standard InChI is InChI=1S/C41H83NO3/c1-3-5-7-9-10-11-12-13-14-15-16-17-18-19-20-21-22-23-24-25-26-27-28-29-30-31-33-34-36-40(44)39(38-43)42-41(45)37-35-32-8-6-4-2/h39-40,43-44H,3-38H2,1-2H3,(H,42,45). The van der Waals surface area contributed by atoms with Crippen molar-refractivity contribution in [3.05, 3.63) is 0 Å². The van der Waals surface area contributed by atoms with Crippen LogP contribution in [0.25, 0.3) is 0 Å². The Labute approximate surface area is 283 Å². The second kappa shape index (κ2) is 37.8. The molecule has 0 heterocycles. The van der Waals surface area contributed by atoms with Crippen molar-refractivity contribution >= 4 is 5.91 Å². The molecule has 0 rings (SSSR count). The summed E-state index contributed by atoms with van der Waals surface area (Å²) in [5, 5.41) is 22.9. The third-order valence-corrected chi connectivity index (χ3v) is 9.87. The molecular weight excluding hydrogens is 554 g/mol. The van der Waals surface area contributed by atoms with E-state index in [0.717, 1.165) is 25.7 Å². The van der Waals surface area contributed by atoms with Gasteiger partial charge in [-0.2, -0.15) is 0 Å². The van der Waals surface area contributed by atoms with Crippen molar-refractivity contribution in [1.29, 1.82) is 0 Å². The van der Waals surface area contributed by atoms with Crippen LogP contribution in [0.1, 0.15) is 239 Å². The highest BCUT2D eigenvalue weighted by Crippen LogP contribution is 2.17. The smallest absolute Gasteiger partial charge is 0.220 e. The summed E-state index contributed by atoms with van der Waals surface area (Å²) in [6, 6.07) is -0.526. The van der Waals surface area contributed by atoms with Crippen molar-refractivity contribution in [1.82, 2.24) is 5.32 Å². The quantitative estimate of drug-likeness (QED) is 0.0590.